The Morgan fingerprint density at radius 1 is 1.44 bits per heavy atom. The van der Waals surface area contributed by atoms with Gasteiger partial charge in [-0.05, 0) is 11.3 Å². The molecule has 96 valence electrons. The molecule has 0 saturated carbocycles. The van der Waals surface area contributed by atoms with Crippen molar-refractivity contribution in [2.24, 2.45) is 10.3 Å². The van der Waals surface area contributed by atoms with Gasteiger partial charge in [0.1, 0.15) is 0 Å². The third kappa shape index (κ3) is 2.45. The fourth-order valence-corrected chi connectivity index (χ4v) is 1.45. The Hall–Kier alpha value is -2.04. The predicted molar refractivity (Wildman–Crippen MR) is 54.2 cm³/mol. The van der Waals surface area contributed by atoms with Crippen molar-refractivity contribution in [3.63, 3.8) is 0 Å². The highest BCUT2D eigenvalue weighted by Gasteiger charge is 2.36. The smallest absolute Gasteiger partial charge is 0.322 e. The summed E-state index contributed by atoms with van der Waals surface area (Å²) in [4.78, 5) is 15.8. The minimum atomic E-state index is -4.59. The number of hydrazone groups is 1. The Kier molecular flexibility index (Phi) is 2.98. The van der Waals surface area contributed by atoms with E-state index in [1.54, 1.807) is 0 Å². The van der Waals surface area contributed by atoms with Crippen LogP contribution in [0, 0.1) is 0 Å². The van der Waals surface area contributed by atoms with E-state index in [1.165, 1.54) is 7.05 Å². The first-order valence-electron chi connectivity index (χ1n) is 4.35. The number of halogens is 3. The van der Waals surface area contributed by atoms with Gasteiger partial charge in [-0.3, -0.25) is 4.79 Å². The number of rotatable bonds is 2. The minimum absolute atomic E-state index is 0.138. The number of aromatic nitrogens is 2. The Balaban J connectivity index is 2.08. The lowest BCUT2D eigenvalue weighted by molar-refractivity contribution is -0.138. The molecule has 2 heterocycles. The number of hydrogen-bond donors (Lipinski definition) is 0. The van der Waals surface area contributed by atoms with Gasteiger partial charge in [0.15, 0.2) is 5.71 Å². The molecule has 0 saturated heterocycles. The molecular weight excluding hydrogens is 275 g/mol. The number of alkyl halides is 3. The van der Waals surface area contributed by atoms with Crippen LogP contribution in [0.5, 0.6) is 5.19 Å². The average molecular weight is 279 g/mol. The third-order valence-electron chi connectivity index (χ3n) is 1.74. The van der Waals surface area contributed by atoms with Crippen LogP contribution in [0.25, 0.3) is 0 Å². The van der Waals surface area contributed by atoms with Gasteiger partial charge in [-0.2, -0.15) is 18.3 Å². The normalized spacial score (nSPS) is 17.9. The lowest BCUT2D eigenvalue weighted by Gasteiger charge is -1.99. The van der Waals surface area contributed by atoms with E-state index in [0.29, 0.717) is 0 Å². The summed E-state index contributed by atoms with van der Waals surface area (Å²) in [7, 11) is 1.40. The second-order valence-electron chi connectivity index (χ2n) is 3.01. The molecule has 0 N–H and O–H groups in total. The van der Waals surface area contributed by atoms with Gasteiger partial charge in [-0.1, -0.05) is 10.3 Å². The summed E-state index contributed by atoms with van der Waals surface area (Å²) >= 11 is 0.179. The first kappa shape index (κ1) is 12.4. The molecule has 18 heavy (non-hydrogen) atoms. The van der Waals surface area contributed by atoms with Crippen LogP contribution < -0.4 is 4.84 Å². The van der Waals surface area contributed by atoms with Crippen LogP contribution in [0.15, 0.2) is 10.3 Å². The van der Waals surface area contributed by atoms with Gasteiger partial charge >= 0.3 is 11.4 Å². The lowest BCUT2D eigenvalue weighted by atomic mass is 10.4. The molecule has 1 aliphatic rings. The molecule has 1 aromatic heterocycles. The molecule has 0 atom stereocenters. The summed E-state index contributed by atoms with van der Waals surface area (Å²) < 4.78 is 36.6. The third-order valence-corrected chi connectivity index (χ3v) is 2.57. The Morgan fingerprint density at radius 2 is 2.17 bits per heavy atom. The molecule has 0 radical (unpaired) electrons. The molecule has 0 spiro atoms. The van der Waals surface area contributed by atoms with Crippen molar-refractivity contribution in [1.29, 1.82) is 0 Å². The second-order valence-corrected chi connectivity index (χ2v) is 3.95. The molecular formula is C7H4F3N5O2S. The monoisotopic (exact) mass is 279 g/mol. The fourth-order valence-electron chi connectivity index (χ4n) is 0.927. The fraction of sp³-hybridized carbons (Fsp3) is 0.286. The number of amides is 1. The van der Waals surface area contributed by atoms with E-state index in [1.807, 2.05) is 0 Å². The number of nitrogens with zero attached hydrogens (tertiary/aromatic N) is 5. The molecule has 2 rings (SSSR count). The summed E-state index contributed by atoms with van der Waals surface area (Å²) in [6.45, 7) is 0. The zero-order chi connectivity index (χ0) is 13.3. The quantitative estimate of drug-likeness (QED) is 0.748. The zero-order valence-corrected chi connectivity index (χ0v) is 9.49. The minimum Gasteiger partial charge on any atom is -0.322 e. The zero-order valence-electron chi connectivity index (χ0n) is 8.67. The standard InChI is InChI=1S/C7H4F3N5O2S/c1-15-4(16)3(2-11-15)14-17-6-13-12-5(18-6)7(8,9)10/h2H,1H3. The molecule has 1 aromatic rings. The van der Waals surface area contributed by atoms with Crippen LogP contribution in [0.1, 0.15) is 5.01 Å². The van der Waals surface area contributed by atoms with Gasteiger partial charge in [0.2, 0.25) is 5.01 Å². The van der Waals surface area contributed by atoms with Crippen LogP contribution in [0.3, 0.4) is 0 Å². The first-order valence-corrected chi connectivity index (χ1v) is 5.17. The van der Waals surface area contributed by atoms with Crippen molar-refractivity contribution >= 4 is 29.2 Å². The summed E-state index contributed by atoms with van der Waals surface area (Å²) in [5.74, 6) is -0.532. The van der Waals surface area contributed by atoms with Gasteiger partial charge in [0.25, 0.3) is 5.91 Å². The number of hydrogen-bond acceptors (Lipinski definition) is 7. The van der Waals surface area contributed by atoms with E-state index >= 15 is 0 Å². The van der Waals surface area contributed by atoms with Gasteiger partial charge in [-0.15, -0.1) is 5.10 Å². The molecule has 0 aromatic carbocycles. The predicted octanol–water partition coefficient (Wildman–Crippen LogP) is 0.749. The van der Waals surface area contributed by atoms with Crippen molar-refractivity contribution in [3.05, 3.63) is 5.01 Å². The second kappa shape index (κ2) is 4.33. The van der Waals surface area contributed by atoms with E-state index in [0.717, 1.165) is 11.2 Å². The Morgan fingerprint density at radius 3 is 2.67 bits per heavy atom. The van der Waals surface area contributed by atoms with Crippen LogP contribution >= 0.6 is 11.3 Å². The van der Waals surface area contributed by atoms with E-state index in [2.05, 4.69) is 25.3 Å². The molecule has 0 aliphatic carbocycles. The summed E-state index contributed by atoms with van der Waals surface area (Å²) in [5.41, 5.74) is -0.138. The highest BCUT2D eigenvalue weighted by molar-refractivity contribution is 7.13. The number of carbonyl (C=O) groups excluding carboxylic acids is 1. The van der Waals surface area contributed by atoms with Crippen molar-refractivity contribution in [2.75, 3.05) is 7.05 Å². The SMILES string of the molecule is CN1N=CC(=NOc2nnc(C(F)(F)F)s2)C1=O. The summed E-state index contributed by atoms with van der Waals surface area (Å²) in [6, 6.07) is 0. The van der Waals surface area contributed by atoms with Crippen molar-refractivity contribution < 1.29 is 22.8 Å². The highest BCUT2D eigenvalue weighted by atomic mass is 32.1. The average Bonchev–Trinajstić information content (AvgIpc) is 2.86. The molecule has 0 unspecified atom stereocenters. The van der Waals surface area contributed by atoms with E-state index < -0.39 is 22.3 Å². The first-order chi connectivity index (χ1) is 8.38. The van der Waals surface area contributed by atoms with Crippen molar-refractivity contribution in [2.45, 2.75) is 6.18 Å². The molecule has 11 heteroatoms. The van der Waals surface area contributed by atoms with Gasteiger partial charge in [0, 0.05) is 7.05 Å². The maximum atomic E-state index is 12.2. The van der Waals surface area contributed by atoms with E-state index in [4.69, 9.17) is 0 Å². The summed E-state index contributed by atoms with van der Waals surface area (Å²) in [5, 5.41) is 12.4. The number of carbonyl (C=O) groups is 1. The van der Waals surface area contributed by atoms with Gasteiger partial charge in [0.05, 0.1) is 6.21 Å². The van der Waals surface area contributed by atoms with E-state index in [-0.39, 0.29) is 17.0 Å². The maximum absolute atomic E-state index is 12.2. The molecule has 1 amide bonds. The molecule has 0 fully saturated rings. The number of oxime groups is 1. The van der Waals surface area contributed by atoms with Crippen LogP contribution in [0.2, 0.25) is 0 Å². The summed E-state index contributed by atoms with van der Waals surface area (Å²) in [6.07, 6.45) is -3.47. The maximum Gasteiger partial charge on any atom is 0.445 e. The highest BCUT2D eigenvalue weighted by Crippen LogP contribution is 2.33. The van der Waals surface area contributed by atoms with Crippen molar-refractivity contribution in [1.82, 2.24) is 15.2 Å². The Bertz CT molecular complexity index is 537. The Labute approximate surface area is 102 Å². The molecule has 1 aliphatic heterocycles. The van der Waals surface area contributed by atoms with Crippen LogP contribution in [-0.4, -0.2) is 40.1 Å². The topological polar surface area (TPSA) is 80.0 Å². The van der Waals surface area contributed by atoms with Gasteiger partial charge in [-0.25, -0.2) is 5.01 Å². The van der Waals surface area contributed by atoms with E-state index in [9.17, 15) is 18.0 Å². The molecule has 0 bridgehead atoms. The lowest BCUT2D eigenvalue weighted by Crippen LogP contribution is -2.22. The molecule has 7 nitrogen and oxygen atoms in total. The van der Waals surface area contributed by atoms with Crippen LogP contribution in [-0.2, 0) is 11.0 Å². The van der Waals surface area contributed by atoms with Crippen molar-refractivity contribution in [3.8, 4) is 5.19 Å². The van der Waals surface area contributed by atoms with Crippen LogP contribution in [0.4, 0.5) is 13.2 Å². The van der Waals surface area contributed by atoms with Gasteiger partial charge < -0.3 is 4.84 Å². The largest absolute Gasteiger partial charge is 0.445 e.